The number of benzene rings is 1. The minimum absolute atomic E-state index is 0.0623. The van der Waals surface area contributed by atoms with Crippen molar-refractivity contribution in [3.63, 3.8) is 0 Å². The minimum atomic E-state index is -0.455. The number of H-pyrrole nitrogens is 1. The van der Waals surface area contributed by atoms with Crippen LogP contribution in [0.1, 0.15) is 19.8 Å². The maximum atomic E-state index is 16.1. The predicted octanol–water partition coefficient (Wildman–Crippen LogP) is 1.27. The summed E-state index contributed by atoms with van der Waals surface area (Å²) in [7, 11) is 3.40. The highest BCUT2D eigenvalue weighted by molar-refractivity contribution is 6.12. The highest BCUT2D eigenvalue weighted by atomic mass is 19.1. The van der Waals surface area contributed by atoms with Crippen LogP contribution in [0.15, 0.2) is 35.6 Å². The van der Waals surface area contributed by atoms with Crippen LogP contribution in [-0.2, 0) is 21.4 Å². The lowest BCUT2D eigenvalue weighted by molar-refractivity contribution is -0.121. The molecule has 2 fully saturated rings. The molecule has 10 nitrogen and oxygen atoms in total. The van der Waals surface area contributed by atoms with E-state index in [1.165, 1.54) is 13.1 Å². The molecule has 204 valence electrons. The topological polar surface area (TPSA) is 117 Å². The van der Waals surface area contributed by atoms with Crippen LogP contribution in [0.3, 0.4) is 0 Å². The summed E-state index contributed by atoms with van der Waals surface area (Å²) in [5.74, 6) is -0.151. The van der Waals surface area contributed by atoms with Gasteiger partial charge in [-0.05, 0) is 44.7 Å². The van der Waals surface area contributed by atoms with E-state index in [4.69, 9.17) is 4.74 Å². The molecule has 0 spiro atoms. The Balaban J connectivity index is 1.76. The number of halogens is 1. The first-order valence-corrected chi connectivity index (χ1v) is 12.9. The number of carbonyl (C=O) groups is 2. The third-order valence-electron chi connectivity index (χ3n) is 7.14. The molecular weight excluding hydrogens is 501 g/mol. The van der Waals surface area contributed by atoms with Crippen molar-refractivity contribution in [3.05, 3.63) is 47.0 Å². The van der Waals surface area contributed by atoms with E-state index in [1.807, 2.05) is 23.9 Å². The number of aromatic amines is 1. The van der Waals surface area contributed by atoms with Crippen LogP contribution >= 0.6 is 0 Å². The molecule has 0 atom stereocenters. The van der Waals surface area contributed by atoms with E-state index in [0.29, 0.717) is 70.8 Å². The van der Waals surface area contributed by atoms with Gasteiger partial charge >= 0.3 is 0 Å². The second-order valence-electron chi connectivity index (χ2n) is 9.76. The van der Waals surface area contributed by atoms with Gasteiger partial charge in [-0.25, -0.2) is 14.4 Å². The Morgan fingerprint density at radius 1 is 1.23 bits per heavy atom. The van der Waals surface area contributed by atoms with Crippen LogP contribution < -0.4 is 26.1 Å². The second kappa shape index (κ2) is 10.9. The van der Waals surface area contributed by atoms with Gasteiger partial charge in [0.2, 0.25) is 11.8 Å². The van der Waals surface area contributed by atoms with Crippen LogP contribution in [0.2, 0.25) is 0 Å². The van der Waals surface area contributed by atoms with Gasteiger partial charge in [0, 0.05) is 67.5 Å². The normalized spacial score (nSPS) is 17.0. The van der Waals surface area contributed by atoms with E-state index in [-0.39, 0.29) is 23.6 Å². The van der Waals surface area contributed by atoms with Gasteiger partial charge in [0.25, 0.3) is 0 Å². The zero-order valence-corrected chi connectivity index (χ0v) is 22.3. The maximum absolute atomic E-state index is 16.1. The molecule has 3 aromatic rings. The lowest BCUT2D eigenvalue weighted by Gasteiger charge is -2.31. The molecule has 39 heavy (non-hydrogen) atoms. The quantitative estimate of drug-likeness (QED) is 0.396. The van der Waals surface area contributed by atoms with Crippen molar-refractivity contribution in [2.45, 2.75) is 19.8 Å². The van der Waals surface area contributed by atoms with Crippen LogP contribution in [0.5, 0.6) is 0 Å². The SMILES string of the molecule is C=N/C(NC(=O)C1CC1)=c1/[nH]c(-c2c(F)cc(-c3nccn3C)cc2N2CCOCC2)c/c1=C(/C)C(=O)NC. The molecule has 0 radical (unpaired) electrons. The minimum Gasteiger partial charge on any atom is -0.378 e. The molecule has 1 saturated heterocycles. The van der Waals surface area contributed by atoms with Gasteiger partial charge in [0.15, 0.2) is 5.82 Å². The molecule has 1 aromatic carbocycles. The summed E-state index contributed by atoms with van der Waals surface area (Å²) < 4.78 is 23.5. The first kappa shape index (κ1) is 26.4. The number of aliphatic imine (C=N–C) groups is 1. The van der Waals surface area contributed by atoms with E-state index in [9.17, 15) is 9.59 Å². The Morgan fingerprint density at radius 3 is 2.59 bits per heavy atom. The fourth-order valence-electron chi connectivity index (χ4n) is 4.81. The van der Waals surface area contributed by atoms with Crippen molar-refractivity contribution >= 4 is 35.6 Å². The number of aryl methyl sites for hydroxylation is 1. The first-order chi connectivity index (χ1) is 18.8. The average molecular weight is 534 g/mol. The van der Waals surface area contributed by atoms with Gasteiger partial charge in [-0.1, -0.05) is 0 Å². The molecule has 3 heterocycles. The lowest BCUT2D eigenvalue weighted by Crippen LogP contribution is -2.37. The third kappa shape index (κ3) is 5.22. The molecule has 1 aliphatic carbocycles. The number of morpholine rings is 1. The number of amides is 2. The Hall–Kier alpha value is -4.25. The number of carbonyl (C=O) groups excluding carboxylic acids is 2. The average Bonchev–Trinajstić information content (AvgIpc) is 3.58. The van der Waals surface area contributed by atoms with E-state index in [1.54, 1.807) is 19.2 Å². The van der Waals surface area contributed by atoms with E-state index < -0.39 is 5.82 Å². The summed E-state index contributed by atoms with van der Waals surface area (Å²) in [4.78, 5) is 39.0. The van der Waals surface area contributed by atoms with Gasteiger partial charge in [-0.2, -0.15) is 0 Å². The standard InChI is InChI=1S/C28H32FN7O3/c1-16(27(37)31-3)19-15-21(33-24(19)25(30-2)34-28(38)17-5-6-17)23-20(29)13-18(26-32-7-8-35(26)4)14-22(23)36-9-11-39-12-10-36/h7-8,13-15,17,33H,2,5-6,9-12H2,1,3-4H3,(H,31,37)(H,34,38)/b19-16+,25-24-. The second-order valence-corrected chi connectivity index (χ2v) is 9.76. The number of ether oxygens (including phenoxy) is 1. The molecule has 3 N–H and O–H groups in total. The number of imidazole rings is 1. The molecule has 2 amide bonds. The zero-order chi connectivity index (χ0) is 27.7. The van der Waals surface area contributed by atoms with Gasteiger partial charge in [0.1, 0.15) is 11.6 Å². The van der Waals surface area contributed by atoms with Gasteiger partial charge in [-0.15, -0.1) is 0 Å². The van der Waals surface area contributed by atoms with Crippen LogP contribution in [0.25, 0.3) is 34.0 Å². The number of nitrogens with zero attached hydrogens (tertiary/aromatic N) is 4. The highest BCUT2D eigenvalue weighted by Crippen LogP contribution is 2.36. The smallest absolute Gasteiger partial charge is 0.247 e. The predicted molar refractivity (Wildman–Crippen MR) is 148 cm³/mol. The van der Waals surface area contributed by atoms with Crippen molar-refractivity contribution in [1.82, 2.24) is 25.2 Å². The Morgan fingerprint density at radius 2 is 1.97 bits per heavy atom. The Labute approximate surface area is 225 Å². The molecular formula is C28H32FN7O3. The van der Waals surface area contributed by atoms with Crippen LogP contribution in [0, 0.1) is 11.7 Å². The third-order valence-corrected chi connectivity index (χ3v) is 7.14. The Bertz CT molecular complexity index is 1560. The van der Waals surface area contributed by atoms with Crippen molar-refractivity contribution in [2.24, 2.45) is 18.0 Å². The highest BCUT2D eigenvalue weighted by Gasteiger charge is 2.30. The van der Waals surface area contributed by atoms with E-state index >= 15 is 4.39 Å². The summed E-state index contributed by atoms with van der Waals surface area (Å²) in [6.07, 6.45) is 5.12. The molecule has 1 aliphatic heterocycles. The fraction of sp³-hybridized carbons (Fsp3) is 0.357. The Kier molecular flexibility index (Phi) is 7.34. The largest absolute Gasteiger partial charge is 0.378 e. The summed E-state index contributed by atoms with van der Waals surface area (Å²) >= 11 is 0. The zero-order valence-electron chi connectivity index (χ0n) is 22.3. The van der Waals surface area contributed by atoms with E-state index in [2.05, 4.69) is 37.2 Å². The molecule has 5 rings (SSSR count). The van der Waals surface area contributed by atoms with Crippen molar-refractivity contribution in [3.8, 4) is 22.6 Å². The molecule has 11 heteroatoms. The van der Waals surface area contributed by atoms with Crippen molar-refractivity contribution in [1.29, 1.82) is 0 Å². The number of aromatic nitrogens is 3. The number of rotatable bonds is 7. The van der Waals surface area contributed by atoms with Crippen LogP contribution in [-0.4, -0.2) is 66.4 Å². The molecule has 2 aromatic heterocycles. The number of nitrogens with one attached hydrogen (secondary N) is 3. The molecule has 1 saturated carbocycles. The lowest BCUT2D eigenvalue weighted by atomic mass is 10.0. The maximum Gasteiger partial charge on any atom is 0.247 e. The summed E-state index contributed by atoms with van der Waals surface area (Å²) in [6, 6.07) is 5.10. The summed E-state index contributed by atoms with van der Waals surface area (Å²) in [6.45, 7) is 7.52. The summed E-state index contributed by atoms with van der Waals surface area (Å²) in [5, 5.41) is 6.33. The first-order valence-electron chi connectivity index (χ1n) is 12.9. The number of hydrogen-bond donors (Lipinski definition) is 3. The molecule has 2 aliphatic rings. The van der Waals surface area contributed by atoms with Crippen molar-refractivity contribution in [2.75, 3.05) is 38.3 Å². The molecule has 0 bridgehead atoms. The molecule has 0 unspecified atom stereocenters. The fourth-order valence-corrected chi connectivity index (χ4v) is 4.81. The van der Waals surface area contributed by atoms with Gasteiger partial charge < -0.3 is 29.8 Å². The van der Waals surface area contributed by atoms with E-state index in [0.717, 1.165) is 12.8 Å². The monoisotopic (exact) mass is 533 g/mol. The summed E-state index contributed by atoms with van der Waals surface area (Å²) in [5.41, 5.74) is 2.47. The van der Waals surface area contributed by atoms with Gasteiger partial charge in [0.05, 0.1) is 29.8 Å². The van der Waals surface area contributed by atoms with Crippen LogP contribution in [0.4, 0.5) is 10.1 Å². The van der Waals surface area contributed by atoms with Gasteiger partial charge in [-0.3, -0.25) is 9.59 Å². The van der Waals surface area contributed by atoms with Crippen molar-refractivity contribution < 1.29 is 18.7 Å². The number of anilines is 1. The number of hydrogen-bond acceptors (Lipinski definition) is 6.